The van der Waals surface area contributed by atoms with E-state index < -0.39 is 0 Å². The maximum absolute atomic E-state index is 13.9. The Labute approximate surface area is 123 Å². The summed E-state index contributed by atoms with van der Waals surface area (Å²) in [6.07, 6.45) is 0. The van der Waals surface area contributed by atoms with Crippen LogP contribution in [0.4, 0.5) is 10.1 Å². The number of para-hydroxylation sites is 1. The smallest absolute Gasteiger partial charge is 0.146 e. The van der Waals surface area contributed by atoms with Gasteiger partial charge in [0.2, 0.25) is 0 Å². The van der Waals surface area contributed by atoms with Gasteiger partial charge in [-0.15, -0.1) is 0 Å². The minimum atomic E-state index is -0.348. The van der Waals surface area contributed by atoms with Crippen molar-refractivity contribution in [1.82, 2.24) is 0 Å². The Bertz CT molecular complexity index is 634. The zero-order valence-electron chi connectivity index (χ0n) is 12.2. The number of aliphatic imine (C=N–C) groups is 1. The quantitative estimate of drug-likeness (QED) is 0.693. The molecule has 21 heavy (non-hydrogen) atoms. The zero-order chi connectivity index (χ0) is 15.2. The number of nitrogens with zero attached hydrogens (tertiary/aromatic N) is 1. The summed E-state index contributed by atoms with van der Waals surface area (Å²) in [6, 6.07) is 11.8. The first kappa shape index (κ1) is 14.8. The molecule has 0 radical (unpaired) electrons. The molecule has 0 heterocycles. The number of methoxy groups -OCH3 is 2. The number of hydrogen-bond donors (Lipinski definition) is 1. The number of hydrogen-bond acceptors (Lipinski definition) is 3. The molecular weight excluding hydrogens is 271 g/mol. The van der Waals surface area contributed by atoms with Gasteiger partial charge in [-0.1, -0.05) is 18.2 Å². The monoisotopic (exact) mass is 288 g/mol. The van der Waals surface area contributed by atoms with Crippen LogP contribution in [-0.4, -0.2) is 27.1 Å². The summed E-state index contributed by atoms with van der Waals surface area (Å²) in [7, 11) is 4.72. The summed E-state index contributed by atoms with van der Waals surface area (Å²) in [4.78, 5) is 4.12. The Kier molecular flexibility index (Phi) is 4.77. The van der Waals surface area contributed by atoms with Crippen molar-refractivity contribution >= 4 is 11.5 Å². The molecule has 2 aromatic rings. The highest BCUT2D eigenvalue weighted by Gasteiger charge is 2.14. The lowest BCUT2D eigenvalue weighted by atomic mass is 10.1. The van der Waals surface area contributed by atoms with E-state index in [0.717, 1.165) is 0 Å². The predicted octanol–water partition coefficient (Wildman–Crippen LogP) is 3.33. The first-order valence-electron chi connectivity index (χ1n) is 6.41. The summed E-state index contributed by atoms with van der Waals surface area (Å²) >= 11 is 0. The average Bonchev–Trinajstić information content (AvgIpc) is 2.53. The fourth-order valence-electron chi connectivity index (χ4n) is 1.99. The lowest BCUT2D eigenvalue weighted by Gasteiger charge is -2.16. The van der Waals surface area contributed by atoms with E-state index in [1.54, 1.807) is 51.6 Å². The van der Waals surface area contributed by atoms with E-state index in [2.05, 4.69) is 10.3 Å². The lowest BCUT2D eigenvalue weighted by molar-refractivity contribution is 0.398. The van der Waals surface area contributed by atoms with Crippen molar-refractivity contribution < 1.29 is 13.9 Å². The number of nitrogens with one attached hydrogen (secondary N) is 1. The highest BCUT2D eigenvalue weighted by atomic mass is 19.1. The fraction of sp³-hybridized carbons (Fsp3) is 0.188. The average molecular weight is 288 g/mol. The van der Waals surface area contributed by atoms with Gasteiger partial charge in [-0.25, -0.2) is 4.39 Å². The largest absolute Gasteiger partial charge is 0.494 e. The third kappa shape index (κ3) is 3.13. The van der Waals surface area contributed by atoms with Crippen molar-refractivity contribution in [3.05, 3.63) is 53.8 Å². The molecule has 1 N–H and O–H groups in total. The molecule has 0 saturated carbocycles. The maximum atomic E-state index is 13.9. The van der Waals surface area contributed by atoms with E-state index in [0.29, 0.717) is 28.6 Å². The van der Waals surface area contributed by atoms with E-state index in [1.165, 1.54) is 6.07 Å². The molecule has 2 rings (SSSR count). The second kappa shape index (κ2) is 6.74. The molecule has 4 nitrogen and oxygen atoms in total. The molecule has 0 atom stereocenters. The van der Waals surface area contributed by atoms with E-state index in [-0.39, 0.29) is 5.82 Å². The third-order valence-corrected chi connectivity index (χ3v) is 3.02. The van der Waals surface area contributed by atoms with Crippen molar-refractivity contribution in [1.29, 1.82) is 0 Å². The van der Waals surface area contributed by atoms with Crippen molar-refractivity contribution in [2.45, 2.75) is 0 Å². The Morgan fingerprint density at radius 3 is 2.14 bits per heavy atom. The van der Waals surface area contributed by atoms with E-state index in [1.807, 2.05) is 6.07 Å². The molecular formula is C16H17FN2O2. The van der Waals surface area contributed by atoms with Crippen LogP contribution in [0.3, 0.4) is 0 Å². The number of benzene rings is 2. The van der Waals surface area contributed by atoms with Crippen LogP contribution in [0.2, 0.25) is 0 Å². The topological polar surface area (TPSA) is 42.9 Å². The summed E-state index contributed by atoms with van der Waals surface area (Å²) in [5.41, 5.74) is 0.985. The van der Waals surface area contributed by atoms with Gasteiger partial charge in [-0.05, 0) is 24.3 Å². The first-order valence-corrected chi connectivity index (χ1v) is 6.41. The number of ether oxygens (including phenoxy) is 2. The second-order valence-electron chi connectivity index (χ2n) is 4.21. The van der Waals surface area contributed by atoms with Crippen LogP contribution in [0, 0.1) is 5.82 Å². The van der Waals surface area contributed by atoms with Gasteiger partial charge in [-0.2, -0.15) is 0 Å². The second-order valence-corrected chi connectivity index (χ2v) is 4.21. The van der Waals surface area contributed by atoms with Crippen LogP contribution >= 0.6 is 0 Å². The Hall–Kier alpha value is -2.56. The Balaban J connectivity index is 2.43. The highest BCUT2D eigenvalue weighted by molar-refractivity contribution is 6.09. The van der Waals surface area contributed by atoms with Crippen LogP contribution in [0.25, 0.3) is 0 Å². The van der Waals surface area contributed by atoms with Crippen LogP contribution in [-0.2, 0) is 0 Å². The van der Waals surface area contributed by atoms with E-state index in [4.69, 9.17) is 9.47 Å². The summed E-state index contributed by atoms with van der Waals surface area (Å²) in [6.45, 7) is 0. The van der Waals surface area contributed by atoms with Crippen LogP contribution < -0.4 is 14.8 Å². The predicted molar refractivity (Wildman–Crippen MR) is 82.0 cm³/mol. The maximum Gasteiger partial charge on any atom is 0.146 e. The number of halogens is 1. The fourth-order valence-corrected chi connectivity index (χ4v) is 1.99. The molecule has 0 saturated heterocycles. The van der Waals surface area contributed by atoms with Gasteiger partial charge in [0.15, 0.2) is 0 Å². The van der Waals surface area contributed by atoms with Gasteiger partial charge < -0.3 is 14.8 Å². The van der Waals surface area contributed by atoms with Crippen LogP contribution in [0.15, 0.2) is 47.5 Å². The molecule has 0 unspecified atom stereocenters. The van der Waals surface area contributed by atoms with E-state index >= 15 is 0 Å². The molecule has 0 aliphatic heterocycles. The van der Waals surface area contributed by atoms with Gasteiger partial charge >= 0.3 is 0 Å². The summed E-state index contributed by atoms with van der Waals surface area (Å²) < 4.78 is 24.5. The number of anilines is 1. The van der Waals surface area contributed by atoms with Crippen molar-refractivity contribution in [2.75, 3.05) is 26.6 Å². The minimum Gasteiger partial charge on any atom is -0.494 e. The lowest BCUT2D eigenvalue weighted by Crippen LogP contribution is -2.16. The molecule has 0 aromatic heterocycles. The molecule has 0 aliphatic rings. The molecule has 0 fully saturated rings. The zero-order valence-corrected chi connectivity index (χ0v) is 12.2. The normalized spacial score (nSPS) is 11.1. The number of rotatable bonds is 4. The summed E-state index contributed by atoms with van der Waals surface area (Å²) in [5.74, 6) is 1.23. The molecule has 110 valence electrons. The standard InChI is InChI=1S/C16H17FN2O2/c1-18-16(11-7-4-5-8-12(11)17)19-15-13(20-2)9-6-10-14(15)21-3/h4-10H,1-3H3,(H,18,19). The Morgan fingerprint density at radius 2 is 1.62 bits per heavy atom. The number of amidine groups is 1. The molecule has 0 amide bonds. The SMILES string of the molecule is C/N=C(/Nc1c(OC)cccc1OC)c1ccccc1F. The van der Waals surface area contributed by atoms with Gasteiger partial charge in [0, 0.05) is 7.05 Å². The van der Waals surface area contributed by atoms with Crippen molar-refractivity contribution in [3.8, 4) is 11.5 Å². The molecule has 0 bridgehead atoms. The van der Waals surface area contributed by atoms with Crippen LogP contribution in [0.1, 0.15) is 5.56 Å². The van der Waals surface area contributed by atoms with Gasteiger partial charge in [0.25, 0.3) is 0 Å². The third-order valence-electron chi connectivity index (χ3n) is 3.02. The minimum absolute atomic E-state index is 0.348. The molecule has 0 aliphatic carbocycles. The van der Waals surface area contributed by atoms with Gasteiger partial charge in [-0.3, -0.25) is 4.99 Å². The van der Waals surface area contributed by atoms with Gasteiger partial charge in [0.1, 0.15) is 28.8 Å². The first-order chi connectivity index (χ1) is 10.2. The Morgan fingerprint density at radius 1 is 1.00 bits per heavy atom. The van der Waals surface area contributed by atoms with Crippen LogP contribution in [0.5, 0.6) is 11.5 Å². The molecule has 2 aromatic carbocycles. The van der Waals surface area contributed by atoms with Gasteiger partial charge in [0.05, 0.1) is 19.8 Å². The van der Waals surface area contributed by atoms with E-state index in [9.17, 15) is 4.39 Å². The summed E-state index contributed by atoms with van der Waals surface area (Å²) in [5, 5.41) is 3.08. The molecule has 5 heteroatoms. The van der Waals surface area contributed by atoms with Crippen molar-refractivity contribution in [3.63, 3.8) is 0 Å². The van der Waals surface area contributed by atoms with Crippen molar-refractivity contribution in [2.24, 2.45) is 4.99 Å². The molecule has 0 spiro atoms. The highest BCUT2D eigenvalue weighted by Crippen LogP contribution is 2.34.